The fraction of sp³-hybridized carbons (Fsp3) is 0.588. The van der Waals surface area contributed by atoms with Gasteiger partial charge in [-0.2, -0.15) is 0 Å². The molecule has 1 unspecified atom stereocenters. The lowest BCUT2D eigenvalue weighted by atomic mass is 10.1. The molecule has 0 saturated carbocycles. The van der Waals surface area contributed by atoms with Crippen molar-refractivity contribution in [1.29, 1.82) is 0 Å². The molecule has 0 radical (unpaired) electrons. The third kappa shape index (κ3) is 5.95. The number of benzene rings is 1. The quantitative estimate of drug-likeness (QED) is 0.679. The molecule has 0 aliphatic heterocycles. The Hall–Kier alpha value is -1.40. The van der Waals surface area contributed by atoms with Crippen LogP contribution in [0.25, 0.3) is 0 Å². The zero-order valence-electron chi connectivity index (χ0n) is 14.5. The summed E-state index contributed by atoms with van der Waals surface area (Å²) in [6.45, 7) is 5.95. The maximum atomic E-state index is 12.4. The van der Waals surface area contributed by atoms with Gasteiger partial charge in [-0.05, 0) is 45.0 Å². The number of carbonyl (C=O) groups excluding carboxylic acids is 1. The number of carbonyl (C=O) groups is 1. The van der Waals surface area contributed by atoms with Gasteiger partial charge in [-0.25, -0.2) is 13.1 Å². The van der Waals surface area contributed by atoms with E-state index in [9.17, 15) is 13.2 Å². The largest absolute Gasteiger partial charge is 0.350 e. The van der Waals surface area contributed by atoms with Gasteiger partial charge in [0.2, 0.25) is 10.0 Å². The lowest BCUT2D eigenvalue weighted by molar-refractivity contribution is 0.0937. The second kappa shape index (κ2) is 9.03. The van der Waals surface area contributed by atoms with Gasteiger partial charge in [-0.15, -0.1) is 0 Å². The van der Waals surface area contributed by atoms with Crippen molar-refractivity contribution < 1.29 is 13.2 Å². The smallest absolute Gasteiger partial charge is 0.251 e. The number of aryl methyl sites for hydroxylation is 1. The SMILES string of the molecule is CCCCCCC(C)NC(=O)c1cc(S(=O)(=O)NC)ccc1C. The molecular formula is C17H28N2O3S. The molecule has 1 amide bonds. The Balaban J connectivity index is 2.78. The number of hydrogen-bond donors (Lipinski definition) is 2. The minimum Gasteiger partial charge on any atom is -0.350 e. The Morgan fingerprint density at radius 1 is 1.22 bits per heavy atom. The summed E-state index contributed by atoms with van der Waals surface area (Å²) in [6.07, 6.45) is 5.59. The first-order valence-electron chi connectivity index (χ1n) is 8.17. The van der Waals surface area contributed by atoms with Gasteiger partial charge in [0, 0.05) is 11.6 Å². The van der Waals surface area contributed by atoms with E-state index in [1.807, 2.05) is 6.92 Å². The van der Waals surface area contributed by atoms with E-state index < -0.39 is 10.0 Å². The predicted molar refractivity (Wildman–Crippen MR) is 93.1 cm³/mol. The highest BCUT2D eigenvalue weighted by molar-refractivity contribution is 7.89. The van der Waals surface area contributed by atoms with Crippen LogP contribution in [0.2, 0.25) is 0 Å². The van der Waals surface area contributed by atoms with Gasteiger partial charge in [-0.3, -0.25) is 4.79 Å². The topological polar surface area (TPSA) is 75.3 Å². The average molecular weight is 340 g/mol. The molecule has 0 fully saturated rings. The van der Waals surface area contributed by atoms with Gasteiger partial charge in [0.1, 0.15) is 0 Å². The van der Waals surface area contributed by atoms with Crippen LogP contribution in [0.3, 0.4) is 0 Å². The van der Waals surface area contributed by atoms with Crippen molar-refractivity contribution in [1.82, 2.24) is 10.0 Å². The predicted octanol–water partition coefficient (Wildman–Crippen LogP) is 2.99. The van der Waals surface area contributed by atoms with E-state index in [2.05, 4.69) is 17.0 Å². The van der Waals surface area contributed by atoms with E-state index >= 15 is 0 Å². The zero-order chi connectivity index (χ0) is 17.5. The summed E-state index contributed by atoms with van der Waals surface area (Å²) in [5, 5.41) is 2.96. The Kier molecular flexibility index (Phi) is 7.72. The van der Waals surface area contributed by atoms with Crippen LogP contribution in [0, 0.1) is 6.92 Å². The first-order valence-corrected chi connectivity index (χ1v) is 9.65. The van der Waals surface area contributed by atoms with Crippen molar-refractivity contribution in [3.63, 3.8) is 0 Å². The number of hydrogen-bond acceptors (Lipinski definition) is 3. The average Bonchev–Trinajstić information content (AvgIpc) is 2.51. The van der Waals surface area contributed by atoms with Crippen molar-refractivity contribution in [2.45, 2.75) is 63.8 Å². The van der Waals surface area contributed by atoms with Crippen LogP contribution < -0.4 is 10.0 Å². The van der Waals surface area contributed by atoms with Crippen molar-refractivity contribution in [3.05, 3.63) is 29.3 Å². The van der Waals surface area contributed by atoms with Gasteiger partial charge in [0.25, 0.3) is 5.91 Å². The van der Waals surface area contributed by atoms with Crippen LogP contribution in [0.5, 0.6) is 0 Å². The third-order valence-electron chi connectivity index (χ3n) is 3.90. The normalized spacial score (nSPS) is 12.9. The van der Waals surface area contributed by atoms with Crippen LogP contribution in [0.4, 0.5) is 0 Å². The van der Waals surface area contributed by atoms with E-state index in [0.717, 1.165) is 18.4 Å². The van der Waals surface area contributed by atoms with E-state index in [-0.39, 0.29) is 16.8 Å². The van der Waals surface area contributed by atoms with Crippen molar-refractivity contribution in [3.8, 4) is 0 Å². The number of rotatable bonds is 9. The maximum absolute atomic E-state index is 12.4. The van der Waals surface area contributed by atoms with E-state index in [0.29, 0.717) is 5.56 Å². The summed E-state index contributed by atoms with van der Waals surface area (Å²) in [4.78, 5) is 12.5. The minimum atomic E-state index is -3.55. The molecule has 0 heterocycles. The monoisotopic (exact) mass is 340 g/mol. The Labute approximate surface area is 139 Å². The molecular weight excluding hydrogens is 312 g/mol. The van der Waals surface area contributed by atoms with E-state index in [4.69, 9.17) is 0 Å². The summed E-state index contributed by atoms with van der Waals surface area (Å²) in [6, 6.07) is 4.67. The van der Waals surface area contributed by atoms with Crippen molar-refractivity contribution >= 4 is 15.9 Å². The molecule has 1 atom stereocenters. The highest BCUT2D eigenvalue weighted by Crippen LogP contribution is 2.16. The fourth-order valence-corrected chi connectivity index (χ4v) is 3.14. The minimum absolute atomic E-state index is 0.0725. The second-order valence-corrected chi connectivity index (χ2v) is 7.79. The van der Waals surface area contributed by atoms with Gasteiger partial charge in [0.15, 0.2) is 0 Å². The van der Waals surface area contributed by atoms with Crippen LogP contribution in [0.15, 0.2) is 23.1 Å². The summed E-state index contributed by atoms with van der Waals surface area (Å²) in [5.74, 6) is -0.223. The molecule has 0 spiro atoms. The summed E-state index contributed by atoms with van der Waals surface area (Å²) in [5.41, 5.74) is 1.16. The first-order chi connectivity index (χ1) is 10.8. The van der Waals surface area contributed by atoms with Crippen LogP contribution in [-0.2, 0) is 10.0 Å². The number of unbranched alkanes of at least 4 members (excludes halogenated alkanes) is 3. The molecule has 0 bridgehead atoms. The molecule has 0 aromatic heterocycles. The standard InChI is InChI=1S/C17H28N2O3S/c1-5-6-7-8-9-14(3)19-17(20)16-12-15(11-10-13(16)2)23(21,22)18-4/h10-12,14,18H,5-9H2,1-4H3,(H,19,20). The summed E-state index contributed by atoms with van der Waals surface area (Å²) < 4.78 is 26.0. The zero-order valence-corrected chi connectivity index (χ0v) is 15.3. The molecule has 5 nitrogen and oxygen atoms in total. The summed E-state index contributed by atoms with van der Waals surface area (Å²) >= 11 is 0. The Morgan fingerprint density at radius 3 is 2.52 bits per heavy atom. The molecule has 6 heteroatoms. The van der Waals surface area contributed by atoms with Crippen molar-refractivity contribution in [2.24, 2.45) is 0 Å². The van der Waals surface area contributed by atoms with Crippen molar-refractivity contribution in [2.75, 3.05) is 7.05 Å². The molecule has 2 N–H and O–H groups in total. The molecule has 23 heavy (non-hydrogen) atoms. The first kappa shape index (κ1) is 19.6. The lowest BCUT2D eigenvalue weighted by Crippen LogP contribution is -2.33. The molecule has 1 aromatic carbocycles. The highest BCUT2D eigenvalue weighted by Gasteiger charge is 2.17. The lowest BCUT2D eigenvalue weighted by Gasteiger charge is -2.15. The fourth-order valence-electron chi connectivity index (χ4n) is 2.38. The van der Waals surface area contributed by atoms with Crippen LogP contribution in [-0.4, -0.2) is 27.4 Å². The summed E-state index contributed by atoms with van der Waals surface area (Å²) in [7, 11) is -2.20. The Bertz CT molecular complexity index is 627. The molecule has 130 valence electrons. The second-order valence-electron chi connectivity index (χ2n) is 5.91. The van der Waals surface area contributed by atoms with E-state index in [1.54, 1.807) is 13.0 Å². The number of sulfonamides is 1. The Morgan fingerprint density at radius 2 is 1.91 bits per heavy atom. The molecule has 0 saturated heterocycles. The molecule has 1 rings (SSSR count). The third-order valence-corrected chi connectivity index (χ3v) is 5.31. The van der Waals surface area contributed by atoms with Crippen LogP contribution >= 0.6 is 0 Å². The highest BCUT2D eigenvalue weighted by atomic mass is 32.2. The van der Waals surface area contributed by atoms with Gasteiger partial charge in [-0.1, -0.05) is 38.7 Å². The molecule has 0 aliphatic rings. The molecule has 0 aliphatic carbocycles. The van der Waals surface area contributed by atoms with E-state index in [1.165, 1.54) is 38.4 Å². The van der Waals surface area contributed by atoms with Gasteiger partial charge < -0.3 is 5.32 Å². The van der Waals surface area contributed by atoms with Gasteiger partial charge in [0.05, 0.1) is 4.90 Å². The van der Waals surface area contributed by atoms with Gasteiger partial charge >= 0.3 is 0 Å². The number of amides is 1. The maximum Gasteiger partial charge on any atom is 0.251 e. The van der Waals surface area contributed by atoms with Crippen LogP contribution in [0.1, 0.15) is 61.9 Å². The number of nitrogens with one attached hydrogen (secondary N) is 2. The molecule has 1 aromatic rings.